The number of imide groups is 1. The molecule has 31 heavy (non-hydrogen) atoms. The summed E-state index contributed by atoms with van der Waals surface area (Å²) in [6.45, 7) is 2.07. The number of hydrogen-bond acceptors (Lipinski definition) is 4. The van der Waals surface area contributed by atoms with Crippen LogP contribution < -0.4 is 10.0 Å². The number of benzene rings is 3. The standard InChI is InChI=1S/C26H19NO4/c1-26-18-8-4-2-6-16(18)20(17-7-3-5-9-19(17)26)21-22(26)24(29)27(23(21)28)15-12-10-14(11-13-15)25(30)31/h2-13,20-22H,1H3,(H,30,31)/p-1/t20?,21-,22-,26?/m0/s1. The van der Waals surface area contributed by atoms with E-state index in [9.17, 15) is 19.5 Å². The Morgan fingerprint density at radius 3 is 1.94 bits per heavy atom. The molecule has 0 unspecified atom stereocenters. The summed E-state index contributed by atoms with van der Waals surface area (Å²) in [6.07, 6.45) is 0. The van der Waals surface area contributed by atoms with Gasteiger partial charge in [-0.3, -0.25) is 9.59 Å². The van der Waals surface area contributed by atoms with Crippen LogP contribution in [0.25, 0.3) is 0 Å². The lowest BCUT2D eigenvalue weighted by atomic mass is 9.48. The maximum atomic E-state index is 13.8. The fourth-order valence-corrected chi connectivity index (χ4v) is 6.15. The van der Waals surface area contributed by atoms with Crippen LogP contribution in [0.4, 0.5) is 5.69 Å². The largest absolute Gasteiger partial charge is 0.545 e. The number of carbonyl (C=O) groups excluding carboxylic acids is 3. The summed E-state index contributed by atoms with van der Waals surface area (Å²) in [4.78, 5) is 39.8. The number of rotatable bonds is 2. The lowest BCUT2D eigenvalue weighted by Crippen LogP contribution is -2.51. The lowest BCUT2D eigenvalue weighted by molar-refractivity contribution is -0.255. The number of nitrogens with zero attached hydrogens (tertiary/aromatic N) is 1. The van der Waals surface area contributed by atoms with Gasteiger partial charge in [0.15, 0.2) is 0 Å². The van der Waals surface area contributed by atoms with E-state index in [1.807, 2.05) is 24.3 Å². The summed E-state index contributed by atoms with van der Waals surface area (Å²) >= 11 is 0. The SMILES string of the molecule is CC12c3ccccc3C(c3ccccc31)[C@@H]1C(=O)N(c3ccc(C(=O)[O-])cc3)C(=O)[C@H]12. The maximum Gasteiger partial charge on any atom is 0.238 e. The third-order valence-electron chi connectivity index (χ3n) is 7.40. The molecule has 2 bridgehead atoms. The number of carbonyl (C=O) groups is 3. The van der Waals surface area contributed by atoms with Crippen LogP contribution in [0, 0.1) is 11.8 Å². The van der Waals surface area contributed by atoms with Gasteiger partial charge in [0.05, 0.1) is 23.5 Å². The molecule has 0 saturated carbocycles. The van der Waals surface area contributed by atoms with Crippen molar-refractivity contribution < 1.29 is 19.5 Å². The molecule has 3 aromatic rings. The first-order valence-electron chi connectivity index (χ1n) is 10.3. The highest BCUT2D eigenvalue weighted by Gasteiger charge is 2.66. The Kier molecular flexibility index (Phi) is 3.45. The van der Waals surface area contributed by atoms with Crippen LogP contribution in [0.3, 0.4) is 0 Å². The van der Waals surface area contributed by atoms with E-state index in [1.165, 1.54) is 29.2 Å². The Hall–Kier alpha value is -3.73. The monoisotopic (exact) mass is 408 g/mol. The van der Waals surface area contributed by atoms with Crippen molar-refractivity contribution in [1.82, 2.24) is 0 Å². The number of amides is 2. The van der Waals surface area contributed by atoms with Gasteiger partial charge in [0.25, 0.3) is 0 Å². The summed E-state index contributed by atoms with van der Waals surface area (Å²) in [6, 6.07) is 22.0. The van der Waals surface area contributed by atoms with E-state index in [-0.39, 0.29) is 23.3 Å². The van der Waals surface area contributed by atoms with Crippen LogP contribution in [-0.2, 0) is 15.0 Å². The molecule has 3 aromatic carbocycles. The Bertz CT molecular complexity index is 1250. The molecule has 152 valence electrons. The maximum absolute atomic E-state index is 13.8. The van der Waals surface area contributed by atoms with Gasteiger partial charge in [0, 0.05) is 11.3 Å². The van der Waals surface area contributed by atoms with E-state index in [0.717, 1.165) is 22.3 Å². The highest BCUT2D eigenvalue weighted by molar-refractivity contribution is 6.23. The summed E-state index contributed by atoms with van der Waals surface area (Å²) in [7, 11) is 0. The first-order valence-corrected chi connectivity index (χ1v) is 10.3. The molecule has 1 heterocycles. The zero-order valence-electron chi connectivity index (χ0n) is 16.7. The molecule has 1 saturated heterocycles. The third-order valence-corrected chi connectivity index (χ3v) is 7.40. The van der Waals surface area contributed by atoms with Gasteiger partial charge in [-0.25, -0.2) is 4.90 Å². The topological polar surface area (TPSA) is 77.5 Å². The van der Waals surface area contributed by atoms with Gasteiger partial charge < -0.3 is 9.90 Å². The van der Waals surface area contributed by atoms with E-state index < -0.39 is 23.2 Å². The van der Waals surface area contributed by atoms with Crippen molar-refractivity contribution in [3.8, 4) is 0 Å². The smallest absolute Gasteiger partial charge is 0.238 e. The van der Waals surface area contributed by atoms with E-state index in [2.05, 4.69) is 31.2 Å². The Morgan fingerprint density at radius 2 is 1.39 bits per heavy atom. The van der Waals surface area contributed by atoms with Crippen molar-refractivity contribution in [3.05, 3.63) is 101 Å². The minimum atomic E-state index is -1.30. The summed E-state index contributed by atoms with van der Waals surface area (Å²) < 4.78 is 0. The van der Waals surface area contributed by atoms with E-state index >= 15 is 0 Å². The quantitative estimate of drug-likeness (QED) is 0.611. The van der Waals surface area contributed by atoms with E-state index in [4.69, 9.17) is 0 Å². The van der Waals surface area contributed by atoms with Crippen molar-refractivity contribution in [2.75, 3.05) is 4.90 Å². The number of aromatic carboxylic acids is 1. The minimum Gasteiger partial charge on any atom is -0.545 e. The van der Waals surface area contributed by atoms with Gasteiger partial charge in [-0.15, -0.1) is 0 Å². The van der Waals surface area contributed by atoms with Gasteiger partial charge in [-0.05, 0) is 39.9 Å². The summed E-state index contributed by atoms with van der Waals surface area (Å²) in [5.41, 5.74) is 4.22. The predicted molar refractivity (Wildman–Crippen MR) is 111 cm³/mol. The Balaban J connectivity index is 1.55. The van der Waals surface area contributed by atoms with Gasteiger partial charge in [0.1, 0.15) is 0 Å². The van der Waals surface area contributed by atoms with Crippen LogP contribution in [0.1, 0.15) is 45.5 Å². The highest BCUT2D eigenvalue weighted by atomic mass is 16.4. The van der Waals surface area contributed by atoms with Crippen LogP contribution in [0.15, 0.2) is 72.8 Å². The molecule has 0 N–H and O–H groups in total. The lowest BCUT2D eigenvalue weighted by Gasteiger charge is -2.52. The molecule has 7 rings (SSSR count). The average Bonchev–Trinajstić information content (AvgIpc) is 3.06. The average molecular weight is 408 g/mol. The normalized spacial score (nSPS) is 27.6. The van der Waals surface area contributed by atoms with Crippen LogP contribution in [0.5, 0.6) is 0 Å². The minimum absolute atomic E-state index is 0.00658. The molecule has 0 spiro atoms. The number of carboxylic acids is 1. The van der Waals surface area contributed by atoms with Crippen LogP contribution in [0.2, 0.25) is 0 Å². The van der Waals surface area contributed by atoms with Crippen LogP contribution >= 0.6 is 0 Å². The van der Waals surface area contributed by atoms with Crippen molar-refractivity contribution in [3.63, 3.8) is 0 Å². The molecule has 5 heteroatoms. The van der Waals surface area contributed by atoms with E-state index in [0.29, 0.717) is 5.69 Å². The molecule has 0 aromatic heterocycles. The summed E-state index contributed by atoms with van der Waals surface area (Å²) in [5.74, 6) is -2.92. The molecule has 0 radical (unpaired) electrons. The predicted octanol–water partition coefficient (Wildman–Crippen LogP) is 2.62. The van der Waals surface area contributed by atoms with Crippen molar-refractivity contribution in [2.45, 2.75) is 18.3 Å². The zero-order chi connectivity index (χ0) is 21.5. The molecular weight excluding hydrogens is 390 g/mol. The summed E-state index contributed by atoms with van der Waals surface area (Å²) in [5, 5.41) is 11.1. The molecule has 1 fully saturated rings. The second kappa shape index (κ2) is 5.91. The molecule has 2 amide bonds. The first-order chi connectivity index (χ1) is 14.9. The third kappa shape index (κ3) is 2.08. The van der Waals surface area contributed by atoms with Crippen LogP contribution in [-0.4, -0.2) is 17.8 Å². The van der Waals surface area contributed by atoms with Gasteiger partial charge in [-0.1, -0.05) is 67.6 Å². The number of hydrogen-bond donors (Lipinski definition) is 0. The van der Waals surface area contributed by atoms with Crippen molar-refractivity contribution in [1.29, 1.82) is 0 Å². The van der Waals surface area contributed by atoms with Crippen molar-refractivity contribution >= 4 is 23.5 Å². The van der Waals surface area contributed by atoms with Gasteiger partial charge in [0.2, 0.25) is 11.8 Å². The van der Waals surface area contributed by atoms with Gasteiger partial charge >= 0.3 is 0 Å². The molecule has 3 aliphatic carbocycles. The molecule has 4 aliphatic rings. The molecule has 2 atom stereocenters. The number of anilines is 1. The second-order valence-electron chi connectivity index (χ2n) is 8.70. The fourth-order valence-electron chi connectivity index (χ4n) is 6.15. The Labute approximate surface area is 178 Å². The molecule has 5 nitrogen and oxygen atoms in total. The second-order valence-corrected chi connectivity index (χ2v) is 8.70. The van der Waals surface area contributed by atoms with E-state index in [1.54, 1.807) is 0 Å². The highest BCUT2D eigenvalue weighted by Crippen LogP contribution is 2.64. The van der Waals surface area contributed by atoms with Gasteiger partial charge in [-0.2, -0.15) is 0 Å². The fraction of sp³-hybridized carbons (Fsp3) is 0.192. The Morgan fingerprint density at radius 1 is 0.839 bits per heavy atom. The van der Waals surface area contributed by atoms with Crippen molar-refractivity contribution in [2.24, 2.45) is 11.8 Å². The molecule has 1 aliphatic heterocycles. The first kappa shape index (κ1) is 18.1. The zero-order valence-corrected chi connectivity index (χ0v) is 16.7. The number of carboxylic acid groups (broad SMARTS) is 1. The molecular formula is C26H18NO4-.